The second kappa shape index (κ2) is 22.5. The van der Waals surface area contributed by atoms with Gasteiger partial charge in [0.15, 0.2) is 0 Å². The van der Waals surface area contributed by atoms with E-state index in [0.29, 0.717) is 59.5 Å². The Balaban J connectivity index is 2.94. The summed E-state index contributed by atoms with van der Waals surface area (Å²) in [6.07, 6.45) is 9.50. The van der Waals surface area contributed by atoms with E-state index in [1.807, 2.05) is 0 Å². The molecule has 24 heavy (non-hydrogen) atoms. The fourth-order valence-electron chi connectivity index (χ4n) is 2.03. The van der Waals surface area contributed by atoms with Gasteiger partial charge < -0.3 is 23.7 Å². The minimum Gasteiger partial charge on any atom is -0.379 e. The van der Waals surface area contributed by atoms with Crippen LogP contribution in [0.25, 0.3) is 0 Å². The molecule has 0 aromatic carbocycles. The highest BCUT2D eigenvalue weighted by Crippen LogP contribution is 2.04. The first-order valence-corrected chi connectivity index (χ1v) is 9.41. The molecule has 0 unspecified atom stereocenters. The van der Waals surface area contributed by atoms with E-state index >= 15 is 0 Å². The number of unbranched alkanes of at least 4 members (excludes halogenated alkanes) is 5. The van der Waals surface area contributed by atoms with E-state index in [1.54, 1.807) is 6.08 Å². The van der Waals surface area contributed by atoms with Crippen molar-refractivity contribution in [2.24, 2.45) is 0 Å². The Labute approximate surface area is 148 Å². The van der Waals surface area contributed by atoms with Crippen LogP contribution in [-0.2, 0) is 23.7 Å². The predicted molar refractivity (Wildman–Crippen MR) is 97.7 cm³/mol. The van der Waals surface area contributed by atoms with Gasteiger partial charge in [-0.2, -0.15) is 0 Å². The molecule has 0 N–H and O–H groups in total. The lowest BCUT2D eigenvalue weighted by molar-refractivity contribution is -0.00958. The van der Waals surface area contributed by atoms with Crippen molar-refractivity contribution in [3.05, 3.63) is 12.7 Å². The van der Waals surface area contributed by atoms with Gasteiger partial charge in [0.1, 0.15) is 0 Å². The first kappa shape index (κ1) is 23.5. The lowest BCUT2D eigenvalue weighted by Crippen LogP contribution is -2.13. The molecule has 0 spiro atoms. The third-order valence-electron chi connectivity index (χ3n) is 3.37. The summed E-state index contributed by atoms with van der Waals surface area (Å²) < 4.78 is 26.9. The maximum absolute atomic E-state index is 5.54. The Morgan fingerprint density at radius 3 is 1.46 bits per heavy atom. The summed E-state index contributed by atoms with van der Waals surface area (Å²) in [5.74, 6) is 0. The molecule has 0 fully saturated rings. The van der Waals surface area contributed by atoms with Crippen LogP contribution in [0.5, 0.6) is 0 Å². The van der Waals surface area contributed by atoms with E-state index in [2.05, 4.69) is 13.5 Å². The Hall–Kier alpha value is -0.460. The quantitative estimate of drug-likeness (QED) is 0.235. The summed E-state index contributed by atoms with van der Waals surface area (Å²) in [4.78, 5) is 0. The molecule has 0 bridgehead atoms. The molecule has 0 saturated carbocycles. The first-order valence-electron chi connectivity index (χ1n) is 9.41. The predicted octanol–water partition coefficient (Wildman–Crippen LogP) is 3.62. The standard InChI is InChI=1S/C19H38O5/c1-3-5-6-7-8-9-11-21-13-15-23-17-19-24-18-16-22-14-12-20-10-4-2/h4H,2-3,5-19H2,1H3. The summed E-state index contributed by atoms with van der Waals surface area (Å²) in [5, 5.41) is 0. The lowest BCUT2D eigenvalue weighted by atomic mass is 10.1. The fourth-order valence-corrected chi connectivity index (χ4v) is 2.03. The van der Waals surface area contributed by atoms with Gasteiger partial charge in [-0.25, -0.2) is 0 Å². The van der Waals surface area contributed by atoms with Crippen molar-refractivity contribution in [1.82, 2.24) is 0 Å². The zero-order chi connectivity index (χ0) is 17.6. The zero-order valence-corrected chi connectivity index (χ0v) is 15.6. The van der Waals surface area contributed by atoms with Crippen molar-refractivity contribution < 1.29 is 23.7 Å². The van der Waals surface area contributed by atoms with Crippen LogP contribution in [0.2, 0.25) is 0 Å². The minimum absolute atomic E-state index is 0.569. The third-order valence-corrected chi connectivity index (χ3v) is 3.37. The number of rotatable bonds is 21. The van der Waals surface area contributed by atoms with Gasteiger partial charge in [-0.3, -0.25) is 0 Å². The average Bonchev–Trinajstić information content (AvgIpc) is 2.60. The van der Waals surface area contributed by atoms with E-state index in [4.69, 9.17) is 23.7 Å². The SMILES string of the molecule is C=CCOCCOCCOCCOCCOCCCCCCCC. The maximum atomic E-state index is 5.54. The van der Waals surface area contributed by atoms with E-state index < -0.39 is 0 Å². The number of ether oxygens (including phenoxy) is 5. The molecule has 5 heteroatoms. The van der Waals surface area contributed by atoms with Crippen LogP contribution in [0.1, 0.15) is 45.4 Å². The summed E-state index contributed by atoms with van der Waals surface area (Å²) in [7, 11) is 0. The minimum atomic E-state index is 0.569. The van der Waals surface area contributed by atoms with Crippen LogP contribution < -0.4 is 0 Å². The molecular formula is C19H38O5. The normalized spacial score (nSPS) is 11.0. The van der Waals surface area contributed by atoms with Crippen molar-refractivity contribution in [2.45, 2.75) is 45.4 Å². The Kier molecular flexibility index (Phi) is 22.1. The highest BCUT2D eigenvalue weighted by atomic mass is 16.6. The highest BCUT2D eigenvalue weighted by molar-refractivity contribution is 4.63. The third kappa shape index (κ3) is 21.5. The van der Waals surface area contributed by atoms with Gasteiger partial charge in [0, 0.05) is 6.61 Å². The summed E-state index contributed by atoms with van der Waals surface area (Å²) in [6.45, 7) is 12.1. The lowest BCUT2D eigenvalue weighted by Gasteiger charge is -2.07. The van der Waals surface area contributed by atoms with Crippen molar-refractivity contribution >= 4 is 0 Å². The fraction of sp³-hybridized carbons (Fsp3) is 0.895. The zero-order valence-electron chi connectivity index (χ0n) is 15.6. The summed E-state index contributed by atoms with van der Waals surface area (Å²) in [6, 6.07) is 0. The van der Waals surface area contributed by atoms with Gasteiger partial charge in [0.25, 0.3) is 0 Å². The van der Waals surface area contributed by atoms with Gasteiger partial charge >= 0.3 is 0 Å². The molecule has 144 valence electrons. The van der Waals surface area contributed by atoms with Crippen LogP contribution in [0.15, 0.2) is 12.7 Å². The van der Waals surface area contributed by atoms with Gasteiger partial charge in [0.2, 0.25) is 0 Å². The molecule has 0 atom stereocenters. The van der Waals surface area contributed by atoms with Crippen LogP contribution in [0, 0.1) is 0 Å². The van der Waals surface area contributed by atoms with Crippen molar-refractivity contribution in [2.75, 3.05) is 66.1 Å². The largest absolute Gasteiger partial charge is 0.379 e. The monoisotopic (exact) mass is 346 g/mol. The van der Waals surface area contributed by atoms with Gasteiger partial charge in [-0.15, -0.1) is 6.58 Å². The molecule has 0 heterocycles. The Bertz CT molecular complexity index is 236. The molecule has 0 amide bonds. The first-order chi connectivity index (χ1) is 11.9. The van der Waals surface area contributed by atoms with Crippen molar-refractivity contribution in [3.63, 3.8) is 0 Å². The second-order valence-electron chi connectivity index (χ2n) is 5.58. The Morgan fingerprint density at radius 1 is 0.542 bits per heavy atom. The highest BCUT2D eigenvalue weighted by Gasteiger charge is 1.94. The van der Waals surface area contributed by atoms with Crippen molar-refractivity contribution in [3.8, 4) is 0 Å². The molecular weight excluding hydrogens is 308 g/mol. The van der Waals surface area contributed by atoms with Crippen molar-refractivity contribution in [1.29, 1.82) is 0 Å². The van der Waals surface area contributed by atoms with Crippen LogP contribution >= 0.6 is 0 Å². The topological polar surface area (TPSA) is 46.2 Å². The average molecular weight is 347 g/mol. The molecule has 0 aromatic rings. The molecule has 0 rings (SSSR count). The second-order valence-corrected chi connectivity index (χ2v) is 5.58. The smallest absolute Gasteiger partial charge is 0.0704 e. The van der Waals surface area contributed by atoms with Gasteiger partial charge in [-0.05, 0) is 6.42 Å². The van der Waals surface area contributed by atoms with E-state index in [1.165, 1.54) is 32.1 Å². The molecule has 5 nitrogen and oxygen atoms in total. The van der Waals surface area contributed by atoms with Crippen LogP contribution in [0.4, 0.5) is 0 Å². The summed E-state index contributed by atoms with van der Waals surface area (Å²) >= 11 is 0. The molecule has 0 aliphatic carbocycles. The summed E-state index contributed by atoms with van der Waals surface area (Å²) in [5.41, 5.74) is 0. The number of hydrogen-bond donors (Lipinski definition) is 0. The molecule has 0 radical (unpaired) electrons. The molecule has 0 aromatic heterocycles. The molecule has 0 saturated heterocycles. The maximum Gasteiger partial charge on any atom is 0.0704 e. The van der Waals surface area contributed by atoms with Crippen LogP contribution in [-0.4, -0.2) is 66.1 Å². The van der Waals surface area contributed by atoms with Crippen LogP contribution in [0.3, 0.4) is 0 Å². The Morgan fingerprint density at radius 2 is 0.958 bits per heavy atom. The van der Waals surface area contributed by atoms with E-state index in [-0.39, 0.29) is 0 Å². The van der Waals surface area contributed by atoms with Gasteiger partial charge in [0.05, 0.1) is 59.5 Å². The van der Waals surface area contributed by atoms with E-state index in [9.17, 15) is 0 Å². The molecule has 0 aliphatic rings. The number of hydrogen-bond acceptors (Lipinski definition) is 5. The molecule has 0 aliphatic heterocycles. The van der Waals surface area contributed by atoms with Gasteiger partial charge in [-0.1, -0.05) is 45.1 Å². The van der Waals surface area contributed by atoms with E-state index in [0.717, 1.165) is 13.0 Å².